The topological polar surface area (TPSA) is 3.24 Å². The smallest absolute Gasteiger partial charge is 0.0474 e. The van der Waals surface area contributed by atoms with Crippen molar-refractivity contribution in [1.82, 2.24) is 0 Å². The number of rotatable bonds is 6. The molecule has 0 aliphatic heterocycles. The van der Waals surface area contributed by atoms with Crippen molar-refractivity contribution in [2.45, 2.75) is 70.1 Å². The lowest BCUT2D eigenvalue weighted by molar-refractivity contribution is 0.420. The fourth-order valence-electron chi connectivity index (χ4n) is 12.5. The van der Waals surface area contributed by atoms with Crippen molar-refractivity contribution in [3.8, 4) is 44.5 Å². The zero-order chi connectivity index (χ0) is 40.3. The highest BCUT2D eigenvalue weighted by Gasteiger charge is 2.42. The number of hydrogen-bond acceptors (Lipinski definition) is 1. The molecular weight excluding hydrogens is 723 g/mol. The molecule has 2 saturated carbocycles. The van der Waals surface area contributed by atoms with E-state index in [2.05, 4.69) is 202 Å². The average Bonchev–Trinajstić information content (AvgIpc) is 4.04. The van der Waals surface area contributed by atoms with Crippen molar-refractivity contribution < 1.29 is 0 Å². The van der Waals surface area contributed by atoms with Crippen LogP contribution in [0.1, 0.15) is 87.1 Å². The van der Waals surface area contributed by atoms with E-state index in [1.54, 1.807) is 0 Å². The van der Waals surface area contributed by atoms with Crippen LogP contribution in [0.5, 0.6) is 0 Å². The van der Waals surface area contributed by atoms with Gasteiger partial charge >= 0.3 is 0 Å². The van der Waals surface area contributed by atoms with E-state index < -0.39 is 0 Å². The van der Waals surface area contributed by atoms with Gasteiger partial charge in [0.2, 0.25) is 0 Å². The standard InChI is InChI=1S/C59H51N/c1-58(2)53-22-11-10-18-50(53)56-47(19-13-23-54(56)58)49-21-12-20-48-46-31-30-43(36-55(46)59(3,4)57(48)49)60(42-28-26-39(27-29-42)51-33-37-24-25-41(51)32-37)44-34-40-16-8-9-17-45(40)52(35-44)38-14-6-5-7-15-38/h5-23,26-31,34-37,41,51H,24-25,32-33H2,1-4H3. The Hall–Kier alpha value is -6.18. The van der Waals surface area contributed by atoms with Crippen molar-refractivity contribution >= 4 is 27.8 Å². The Kier molecular flexibility index (Phi) is 7.84. The van der Waals surface area contributed by atoms with Gasteiger partial charge < -0.3 is 4.90 Å². The van der Waals surface area contributed by atoms with Gasteiger partial charge in [-0.15, -0.1) is 0 Å². The second-order valence-electron chi connectivity index (χ2n) is 19.3. The minimum atomic E-state index is -0.233. The quantitative estimate of drug-likeness (QED) is 0.163. The minimum Gasteiger partial charge on any atom is -0.310 e. The van der Waals surface area contributed by atoms with Crippen LogP contribution >= 0.6 is 0 Å². The highest BCUT2D eigenvalue weighted by atomic mass is 15.1. The predicted octanol–water partition coefficient (Wildman–Crippen LogP) is 16.2. The molecule has 0 heterocycles. The molecule has 0 radical (unpaired) electrons. The van der Waals surface area contributed by atoms with Crippen molar-refractivity contribution in [1.29, 1.82) is 0 Å². The Labute approximate surface area is 355 Å². The van der Waals surface area contributed by atoms with Gasteiger partial charge in [-0.2, -0.15) is 0 Å². The molecule has 1 nitrogen and oxygen atoms in total. The number of fused-ring (bicyclic) bond motifs is 9. The summed E-state index contributed by atoms with van der Waals surface area (Å²) in [6.07, 6.45) is 5.61. The van der Waals surface area contributed by atoms with Gasteiger partial charge in [-0.3, -0.25) is 0 Å². The zero-order valence-corrected chi connectivity index (χ0v) is 35.2. The van der Waals surface area contributed by atoms with E-state index in [4.69, 9.17) is 0 Å². The number of hydrogen-bond donors (Lipinski definition) is 0. The lowest BCUT2D eigenvalue weighted by Gasteiger charge is -2.30. The molecule has 0 N–H and O–H groups in total. The van der Waals surface area contributed by atoms with Crippen molar-refractivity contribution in [3.05, 3.63) is 198 Å². The third-order valence-electron chi connectivity index (χ3n) is 15.3. The molecule has 4 aliphatic rings. The van der Waals surface area contributed by atoms with Crippen LogP contribution in [0.2, 0.25) is 0 Å². The van der Waals surface area contributed by atoms with Gasteiger partial charge in [-0.1, -0.05) is 168 Å². The number of nitrogens with zero attached hydrogens (tertiary/aromatic N) is 1. The Morgan fingerprint density at radius 3 is 1.93 bits per heavy atom. The van der Waals surface area contributed by atoms with Gasteiger partial charge in [0.05, 0.1) is 0 Å². The van der Waals surface area contributed by atoms with Crippen molar-refractivity contribution in [2.24, 2.45) is 11.8 Å². The summed E-state index contributed by atoms with van der Waals surface area (Å²) in [5.74, 6) is 2.49. The molecule has 292 valence electrons. The van der Waals surface area contributed by atoms with Crippen LogP contribution in [0.3, 0.4) is 0 Å². The maximum atomic E-state index is 2.52. The van der Waals surface area contributed by atoms with Crippen LogP contribution in [0.15, 0.2) is 170 Å². The maximum absolute atomic E-state index is 2.52. The average molecular weight is 774 g/mol. The van der Waals surface area contributed by atoms with E-state index in [1.807, 2.05) is 0 Å². The second-order valence-corrected chi connectivity index (χ2v) is 19.3. The summed E-state index contributed by atoms with van der Waals surface area (Å²) in [6, 6.07) is 64.6. The maximum Gasteiger partial charge on any atom is 0.0474 e. The van der Waals surface area contributed by atoms with E-state index in [0.717, 1.165) is 11.8 Å². The lowest BCUT2D eigenvalue weighted by Crippen LogP contribution is -2.18. The molecule has 3 atom stereocenters. The molecular formula is C59H51N. The molecule has 8 aromatic rings. The molecule has 12 rings (SSSR count). The van der Waals surface area contributed by atoms with E-state index in [-0.39, 0.29) is 10.8 Å². The van der Waals surface area contributed by atoms with Crippen LogP contribution in [0.4, 0.5) is 17.1 Å². The highest BCUT2D eigenvalue weighted by molar-refractivity contribution is 6.02. The molecule has 0 saturated heterocycles. The fourth-order valence-corrected chi connectivity index (χ4v) is 12.5. The third kappa shape index (κ3) is 5.24. The van der Waals surface area contributed by atoms with Crippen LogP contribution in [-0.4, -0.2) is 0 Å². The summed E-state index contributed by atoms with van der Waals surface area (Å²) in [4.78, 5) is 2.52. The van der Waals surface area contributed by atoms with Gasteiger partial charge in [0, 0.05) is 27.9 Å². The summed E-state index contributed by atoms with van der Waals surface area (Å²) in [7, 11) is 0. The Morgan fingerprint density at radius 1 is 0.450 bits per heavy atom. The summed E-state index contributed by atoms with van der Waals surface area (Å²) >= 11 is 0. The van der Waals surface area contributed by atoms with Crippen LogP contribution in [0.25, 0.3) is 55.3 Å². The molecule has 4 aliphatic carbocycles. The first-order valence-corrected chi connectivity index (χ1v) is 22.3. The number of benzene rings is 8. The molecule has 60 heavy (non-hydrogen) atoms. The van der Waals surface area contributed by atoms with Crippen LogP contribution in [-0.2, 0) is 10.8 Å². The summed E-state index contributed by atoms with van der Waals surface area (Å²) in [5.41, 5.74) is 21.1. The van der Waals surface area contributed by atoms with Gasteiger partial charge in [-0.05, 0) is 157 Å². The molecule has 2 bridgehead atoms. The van der Waals surface area contributed by atoms with E-state index >= 15 is 0 Å². The Morgan fingerprint density at radius 2 is 1.13 bits per heavy atom. The SMILES string of the molecule is CC1(C)c2ccccc2-c2c(-c3cccc4c3C(C)(C)c3cc(N(c5ccc(C6CC7CCC6C7)cc5)c5cc(-c6ccccc6)c6ccccc6c5)ccc3-4)cccc21. The summed E-state index contributed by atoms with van der Waals surface area (Å²) in [5, 5.41) is 2.52. The van der Waals surface area contributed by atoms with Gasteiger partial charge in [-0.25, -0.2) is 0 Å². The van der Waals surface area contributed by atoms with E-state index in [0.29, 0.717) is 5.92 Å². The van der Waals surface area contributed by atoms with Crippen molar-refractivity contribution in [3.63, 3.8) is 0 Å². The van der Waals surface area contributed by atoms with Crippen LogP contribution < -0.4 is 4.90 Å². The summed E-state index contributed by atoms with van der Waals surface area (Å²) < 4.78 is 0. The van der Waals surface area contributed by atoms with E-state index in [9.17, 15) is 0 Å². The Bertz CT molecular complexity index is 3000. The van der Waals surface area contributed by atoms with Crippen molar-refractivity contribution in [2.75, 3.05) is 4.90 Å². The second kappa shape index (κ2) is 13.2. The first-order valence-electron chi connectivity index (χ1n) is 22.3. The largest absolute Gasteiger partial charge is 0.310 e. The predicted molar refractivity (Wildman–Crippen MR) is 253 cm³/mol. The molecule has 2 fully saturated rings. The molecule has 0 spiro atoms. The summed E-state index contributed by atoms with van der Waals surface area (Å²) in [6.45, 7) is 9.66. The molecule has 3 unspecified atom stereocenters. The Balaban J connectivity index is 1.02. The first kappa shape index (κ1) is 35.7. The molecule has 0 amide bonds. The van der Waals surface area contributed by atoms with Crippen LogP contribution in [0, 0.1) is 11.8 Å². The lowest BCUT2D eigenvalue weighted by atomic mass is 9.77. The zero-order valence-electron chi connectivity index (χ0n) is 35.2. The number of anilines is 3. The van der Waals surface area contributed by atoms with E-state index in [1.165, 1.54) is 126 Å². The minimum absolute atomic E-state index is 0.0468. The molecule has 8 aromatic carbocycles. The molecule has 1 heteroatoms. The van der Waals surface area contributed by atoms with Gasteiger partial charge in [0.15, 0.2) is 0 Å². The van der Waals surface area contributed by atoms with Gasteiger partial charge in [0.25, 0.3) is 0 Å². The fraction of sp³-hybridized carbons (Fsp3) is 0.220. The third-order valence-corrected chi connectivity index (χ3v) is 15.3. The normalized spacial score (nSPS) is 19.8. The first-order chi connectivity index (χ1) is 29.3. The van der Waals surface area contributed by atoms with Gasteiger partial charge in [0.1, 0.15) is 0 Å². The highest BCUT2D eigenvalue weighted by Crippen LogP contribution is 2.58. The molecule has 0 aromatic heterocycles. The monoisotopic (exact) mass is 773 g/mol.